The molecule has 3 aromatic rings. The van der Waals surface area contributed by atoms with E-state index in [4.69, 9.17) is 14.2 Å². The zero-order valence-electron chi connectivity index (χ0n) is 20.6. The highest BCUT2D eigenvalue weighted by Crippen LogP contribution is 2.26. The third kappa shape index (κ3) is 9.59. The van der Waals surface area contributed by atoms with Gasteiger partial charge in [0.05, 0.1) is 38.4 Å². The Labute approximate surface area is 239 Å². The van der Waals surface area contributed by atoms with E-state index in [2.05, 4.69) is 78.7 Å². The summed E-state index contributed by atoms with van der Waals surface area (Å²) in [6.45, 7) is 7.26. The van der Waals surface area contributed by atoms with E-state index in [9.17, 15) is 4.39 Å². The SMILES string of the molecule is COc1cc(C)c(Br)c(C)n1.COc1cc(C)c(Br)c(CBr)n1.COc1cc(C)c(Br)c(CF)n1. The topological polar surface area (TPSA) is 66.4 Å². The molecule has 0 unspecified atom stereocenters. The number of hydrogen-bond donors (Lipinski definition) is 0. The van der Waals surface area contributed by atoms with Gasteiger partial charge in [0.2, 0.25) is 17.6 Å². The molecule has 0 amide bonds. The summed E-state index contributed by atoms with van der Waals surface area (Å²) in [6, 6.07) is 5.55. The average molecular weight is 745 g/mol. The first-order valence-corrected chi connectivity index (χ1v) is 13.7. The lowest BCUT2D eigenvalue weighted by molar-refractivity contribution is 0.389. The molecule has 0 saturated carbocycles. The van der Waals surface area contributed by atoms with Gasteiger partial charge in [-0.2, -0.15) is 0 Å². The van der Waals surface area contributed by atoms with Gasteiger partial charge in [0, 0.05) is 36.9 Å². The van der Waals surface area contributed by atoms with Gasteiger partial charge in [0.25, 0.3) is 0 Å². The Morgan fingerprint density at radius 1 is 0.657 bits per heavy atom. The zero-order valence-corrected chi connectivity index (χ0v) is 26.9. The molecule has 0 N–H and O–H groups in total. The summed E-state index contributed by atoms with van der Waals surface area (Å²) < 4.78 is 30.1. The number of alkyl halides is 2. The highest BCUT2D eigenvalue weighted by atomic mass is 79.9. The van der Waals surface area contributed by atoms with Gasteiger partial charge in [-0.15, -0.1) is 0 Å². The molecule has 0 aliphatic carbocycles. The van der Waals surface area contributed by atoms with Gasteiger partial charge >= 0.3 is 0 Å². The Morgan fingerprint density at radius 3 is 1.40 bits per heavy atom. The monoisotopic (exact) mass is 741 g/mol. The van der Waals surface area contributed by atoms with Crippen LogP contribution in [0.2, 0.25) is 0 Å². The predicted molar refractivity (Wildman–Crippen MR) is 152 cm³/mol. The Hall–Kier alpha value is -1.30. The van der Waals surface area contributed by atoms with Gasteiger partial charge in [-0.1, -0.05) is 15.9 Å². The smallest absolute Gasteiger partial charge is 0.213 e. The number of aromatic nitrogens is 3. The quantitative estimate of drug-likeness (QED) is 0.246. The highest BCUT2D eigenvalue weighted by molar-refractivity contribution is 9.11. The summed E-state index contributed by atoms with van der Waals surface area (Å²) in [6.07, 6.45) is 0. The maximum atomic E-state index is 12.3. The molecule has 0 radical (unpaired) electrons. The van der Waals surface area contributed by atoms with Crippen molar-refractivity contribution < 1.29 is 18.6 Å². The molecule has 0 aromatic carbocycles. The van der Waals surface area contributed by atoms with E-state index in [1.807, 2.05) is 39.8 Å². The molecule has 35 heavy (non-hydrogen) atoms. The fraction of sp³-hybridized carbons (Fsp3) is 0.375. The Balaban J connectivity index is 0.000000263. The van der Waals surface area contributed by atoms with Crippen LogP contribution in [0.4, 0.5) is 4.39 Å². The lowest BCUT2D eigenvalue weighted by Gasteiger charge is -2.06. The van der Waals surface area contributed by atoms with Gasteiger partial charge in [-0.25, -0.2) is 19.3 Å². The van der Waals surface area contributed by atoms with Crippen molar-refractivity contribution in [3.8, 4) is 17.6 Å². The summed E-state index contributed by atoms with van der Waals surface area (Å²) in [5.74, 6) is 1.77. The number of hydrogen-bond acceptors (Lipinski definition) is 6. The molecule has 11 heteroatoms. The first-order chi connectivity index (χ1) is 16.5. The third-order valence-electron chi connectivity index (χ3n) is 4.53. The molecular formula is C24H28Br4FN3O3. The highest BCUT2D eigenvalue weighted by Gasteiger charge is 2.07. The fourth-order valence-corrected chi connectivity index (χ4v) is 4.29. The molecule has 0 bridgehead atoms. The largest absolute Gasteiger partial charge is 0.481 e. The minimum atomic E-state index is -0.585. The van der Waals surface area contributed by atoms with E-state index < -0.39 is 6.67 Å². The lowest BCUT2D eigenvalue weighted by Crippen LogP contribution is -1.95. The number of ether oxygens (including phenoxy) is 3. The number of halogens is 5. The maximum absolute atomic E-state index is 12.3. The average Bonchev–Trinajstić information content (AvgIpc) is 2.86. The molecule has 0 fully saturated rings. The molecule has 3 rings (SSSR count). The number of methoxy groups -OCH3 is 3. The number of nitrogens with zero attached hydrogens (tertiary/aromatic N) is 3. The van der Waals surface area contributed by atoms with Crippen LogP contribution >= 0.6 is 63.7 Å². The van der Waals surface area contributed by atoms with Gasteiger partial charge in [-0.05, 0) is 92.2 Å². The summed E-state index contributed by atoms with van der Waals surface area (Å²) >= 11 is 13.5. The Kier molecular flexibility index (Phi) is 14.3. The minimum absolute atomic E-state index is 0.381. The van der Waals surface area contributed by atoms with Crippen LogP contribution in [-0.4, -0.2) is 36.3 Å². The summed E-state index contributed by atoms with van der Waals surface area (Å²) in [7, 11) is 4.75. The molecule has 0 aliphatic heterocycles. The van der Waals surface area contributed by atoms with Crippen molar-refractivity contribution in [1.29, 1.82) is 0 Å². The normalized spacial score (nSPS) is 9.94. The van der Waals surface area contributed by atoms with Crippen molar-refractivity contribution in [2.24, 2.45) is 0 Å². The summed E-state index contributed by atoms with van der Waals surface area (Å²) in [4.78, 5) is 12.4. The molecule has 0 aliphatic rings. The third-order valence-corrected chi connectivity index (χ3v) is 8.43. The van der Waals surface area contributed by atoms with Crippen molar-refractivity contribution >= 4 is 63.7 Å². The van der Waals surface area contributed by atoms with E-state index in [1.54, 1.807) is 20.3 Å². The second kappa shape index (κ2) is 15.7. The molecule has 3 heterocycles. The van der Waals surface area contributed by atoms with Crippen molar-refractivity contribution in [1.82, 2.24) is 15.0 Å². The van der Waals surface area contributed by atoms with E-state index in [1.165, 1.54) is 7.11 Å². The van der Waals surface area contributed by atoms with E-state index >= 15 is 0 Å². The molecule has 0 saturated heterocycles. The predicted octanol–water partition coefficient (Wildman–Crippen LogP) is 8.16. The van der Waals surface area contributed by atoms with Crippen LogP contribution in [0.1, 0.15) is 33.8 Å². The van der Waals surface area contributed by atoms with E-state index in [0.29, 0.717) is 27.8 Å². The summed E-state index contributed by atoms with van der Waals surface area (Å²) in [5, 5.41) is 0.728. The minimum Gasteiger partial charge on any atom is -0.481 e. The van der Waals surface area contributed by atoms with Crippen LogP contribution in [0.3, 0.4) is 0 Å². The zero-order chi connectivity index (χ0) is 26.7. The van der Waals surface area contributed by atoms with Crippen LogP contribution < -0.4 is 14.2 Å². The molecule has 0 spiro atoms. The molecule has 3 aromatic heterocycles. The lowest BCUT2D eigenvalue weighted by atomic mass is 10.2. The second-order valence-corrected chi connectivity index (χ2v) is 10.1. The Morgan fingerprint density at radius 2 is 1.03 bits per heavy atom. The Bertz CT molecular complexity index is 1050. The first-order valence-electron chi connectivity index (χ1n) is 10.2. The van der Waals surface area contributed by atoms with Gasteiger partial charge in [0.1, 0.15) is 6.67 Å². The molecule has 6 nitrogen and oxygen atoms in total. The molecule has 192 valence electrons. The van der Waals surface area contributed by atoms with Crippen molar-refractivity contribution in [3.05, 3.63) is 65.4 Å². The molecule has 0 atom stereocenters. The van der Waals surface area contributed by atoms with Crippen molar-refractivity contribution in [3.63, 3.8) is 0 Å². The van der Waals surface area contributed by atoms with Crippen LogP contribution in [0, 0.1) is 27.7 Å². The van der Waals surface area contributed by atoms with Crippen LogP contribution in [0.15, 0.2) is 31.6 Å². The van der Waals surface area contributed by atoms with Crippen molar-refractivity contribution in [2.45, 2.75) is 39.7 Å². The van der Waals surface area contributed by atoms with Crippen LogP contribution in [0.25, 0.3) is 0 Å². The number of pyridine rings is 3. The van der Waals surface area contributed by atoms with Crippen LogP contribution in [-0.2, 0) is 12.0 Å². The van der Waals surface area contributed by atoms with E-state index in [-0.39, 0.29) is 0 Å². The van der Waals surface area contributed by atoms with E-state index in [0.717, 1.165) is 42.4 Å². The summed E-state index contributed by atoms with van der Waals surface area (Å²) in [5.41, 5.74) is 5.51. The van der Waals surface area contributed by atoms with Gasteiger partial charge < -0.3 is 14.2 Å². The number of rotatable bonds is 5. The van der Waals surface area contributed by atoms with Gasteiger partial charge in [-0.3, -0.25) is 0 Å². The van der Waals surface area contributed by atoms with Gasteiger partial charge in [0.15, 0.2) is 0 Å². The fourth-order valence-electron chi connectivity index (χ4n) is 2.65. The van der Waals surface area contributed by atoms with Crippen molar-refractivity contribution in [2.75, 3.05) is 21.3 Å². The maximum Gasteiger partial charge on any atom is 0.213 e. The number of aryl methyl sites for hydroxylation is 4. The standard InChI is InChI=1S/C8H9Br2NO.C8H9BrFNO.C8H10BrNO/c1-5-3-7(12-2)11-6(4-9)8(5)10;1-5-3-7(12-2)11-6(4-10)8(5)9;1-5-4-7(11-3)10-6(2)8(5)9/h2*3H,4H2,1-2H3;4H,1-3H3. The molecular weight excluding hydrogens is 717 g/mol. The second-order valence-electron chi connectivity index (χ2n) is 7.13. The van der Waals surface area contributed by atoms with Crippen LogP contribution in [0.5, 0.6) is 17.6 Å². The first kappa shape index (κ1) is 31.7.